The van der Waals surface area contributed by atoms with E-state index in [2.05, 4.69) is 20.8 Å². The van der Waals surface area contributed by atoms with Crippen molar-refractivity contribution in [2.75, 3.05) is 0 Å². The highest BCUT2D eigenvalue weighted by molar-refractivity contribution is 7.07. The molecule has 0 bridgehead atoms. The van der Waals surface area contributed by atoms with Crippen LogP contribution in [-0.4, -0.2) is 32.5 Å². The average Bonchev–Trinajstić information content (AvgIpc) is 3.42. The molecule has 0 fully saturated rings. The first kappa shape index (κ1) is 20.5. The highest BCUT2D eigenvalue weighted by Gasteiger charge is 2.18. The van der Waals surface area contributed by atoms with Crippen molar-refractivity contribution in [3.63, 3.8) is 0 Å². The third-order valence-corrected chi connectivity index (χ3v) is 5.03. The molecule has 4 aromatic rings. The molecule has 2 aromatic carbocycles. The third-order valence-electron chi connectivity index (χ3n) is 4.44. The highest BCUT2D eigenvalue weighted by Crippen LogP contribution is 2.24. The summed E-state index contributed by atoms with van der Waals surface area (Å²) < 4.78 is 20.2. The van der Waals surface area contributed by atoms with Gasteiger partial charge in [0.2, 0.25) is 0 Å². The summed E-state index contributed by atoms with van der Waals surface area (Å²) in [6.45, 7) is 1.45. The Bertz CT molecular complexity index is 1210. The zero-order valence-electron chi connectivity index (χ0n) is 16.4. The van der Waals surface area contributed by atoms with Crippen molar-refractivity contribution < 1.29 is 18.7 Å². The van der Waals surface area contributed by atoms with Crippen LogP contribution in [-0.2, 0) is 16.1 Å². The molecular formula is C21H18FN5O3S. The summed E-state index contributed by atoms with van der Waals surface area (Å²) in [6.07, 6.45) is -0.898. The number of aromatic nitrogens is 3. The number of nitrogens with one attached hydrogen (secondary N) is 2. The van der Waals surface area contributed by atoms with Gasteiger partial charge in [-0.3, -0.25) is 20.4 Å². The minimum absolute atomic E-state index is 0.0686. The molecule has 0 saturated heterocycles. The standard InChI is InChI=1S/C21H18FN5O3S/c1-13(30-15-8-6-14(22)7-9-15)21(29)26-25-19(28)10-27-18-5-3-2-4-16(18)24-20(27)17-11-31-12-23-17/h2-9,11-13H,10H2,1H3,(H,25,28)(H,26,29). The number of fused-ring (bicyclic) bond motifs is 1. The lowest BCUT2D eigenvalue weighted by atomic mass is 10.3. The SMILES string of the molecule is CC(Oc1ccc(F)cc1)C(=O)NNC(=O)Cn1c(-c2cscn2)nc2ccccc21. The fourth-order valence-electron chi connectivity index (χ4n) is 2.94. The number of carbonyl (C=O) groups is 2. The number of nitrogens with zero attached hydrogens (tertiary/aromatic N) is 3. The molecule has 1 unspecified atom stereocenters. The monoisotopic (exact) mass is 439 g/mol. The van der Waals surface area contributed by atoms with Gasteiger partial charge in [-0.15, -0.1) is 11.3 Å². The first-order valence-corrected chi connectivity index (χ1v) is 10.3. The van der Waals surface area contributed by atoms with Gasteiger partial charge in [-0.1, -0.05) is 12.1 Å². The van der Waals surface area contributed by atoms with Crippen molar-refractivity contribution in [1.29, 1.82) is 0 Å². The van der Waals surface area contributed by atoms with E-state index >= 15 is 0 Å². The lowest BCUT2D eigenvalue weighted by Crippen LogP contribution is -2.48. The third kappa shape index (κ3) is 4.69. The highest BCUT2D eigenvalue weighted by atomic mass is 32.1. The molecule has 8 nitrogen and oxygen atoms in total. The van der Waals surface area contributed by atoms with Gasteiger partial charge in [0.05, 0.1) is 16.5 Å². The molecule has 2 aromatic heterocycles. The second-order valence-electron chi connectivity index (χ2n) is 6.64. The maximum Gasteiger partial charge on any atom is 0.279 e. The number of amides is 2. The van der Waals surface area contributed by atoms with Crippen LogP contribution in [0, 0.1) is 5.82 Å². The summed E-state index contributed by atoms with van der Waals surface area (Å²) in [5.74, 6) is -0.485. The second-order valence-corrected chi connectivity index (χ2v) is 7.35. The molecule has 10 heteroatoms. The van der Waals surface area contributed by atoms with E-state index in [4.69, 9.17) is 4.74 Å². The van der Waals surface area contributed by atoms with Crippen LogP contribution in [0.1, 0.15) is 6.92 Å². The maximum absolute atomic E-state index is 13.0. The Morgan fingerprint density at radius 2 is 1.94 bits per heavy atom. The number of hydrazine groups is 1. The predicted octanol–water partition coefficient (Wildman–Crippen LogP) is 2.91. The molecule has 2 amide bonds. The molecule has 0 saturated carbocycles. The average molecular weight is 439 g/mol. The molecule has 0 aliphatic rings. The van der Waals surface area contributed by atoms with Crippen LogP contribution in [0.15, 0.2) is 59.4 Å². The zero-order chi connectivity index (χ0) is 21.8. The molecule has 1 atom stereocenters. The molecule has 0 radical (unpaired) electrons. The summed E-state index contributed by atoms with van der Waals surface area (Å²) in [4.78, 5) is 33.6. The fraction of sp³-hybridized carbons (Fsp3) is 0.143. The summed E-state index contributed by atoms with van der Waals surface area (Å²) >= 11 is 1.43. The number of thiazole rings is 1. The zero-order valence-corrected chi connectivity index (χ0v) is 17.2. The van der Waals surface area contributed by atoms with Crippen molar-refractivity contribution in [3.05, 3.63) is 65.2 Å². The lowest BCUT2D eigenvalue weighted by Gasteiger charge is -2.15. The molecule has 0 spiro atoms. The van der Waals surface area contributed by atoms with Crippen LogP contribution in [0.25, 0.3) is 22.6 Å². The number of hydrogen-bond acceptors (Lipinski definition) is 6. The smallest absolute Gasteiger partial charge is 0.279 e. The van der Waals surface area contributed by atoms with E-state index in [1.54, 1.807) is 10.1 Å². The van der Waals surface area contributed by atoms with Gasteiger partial charge < -0.3 is 9.30 Å². The van der Waals surface area contributed by atoms with E-state index in [0.29, 0.717) is 17.3 Å². The number of ether oxygens (including phenoxy) is 1. The Morgan fingerprint density at radius 3 is 2.68 bits per heavy atom. The van der Waals surface area contributed by atoms with E-state index in [1.807, 2.05) is 29.6 Å². The van der Waals surface area contributed by atoms with E-state index < -0.39 is 23.7 Å². The van der Waals surface area contributed by atoms with Crippen molar-refractivity contribution >= 4 is 34.2 Å². The van der Waals surface area contributed by atoms with Gasteiger partial charge >= 0.3 is 0 Å². The first-order valence-electron chi connectivity index (χ1n) is 9.36. The van der Waals surface area contributed by atoms with Gasteiger partial charge in [0.1, 0.15) is 23.8 Å². The molecular weight excluding hydrogens is 421 g/mol. The Morgan fingerprint density at radius 1 is 1.16 bits per heavy atom. The number of imidazole rings is 1. The Hall–Kier alpha value is -3.79. The largest absolute Gasteiger partial charge is 0.481 e. The lowest BCUT2D eigenvalue weighted by molar-refractivity contribution is -0.132. The molecule has 158 valence electrons. The van der Waals surface area contributed by atoms with E-state index in [0.717, 1.165) is 11.0 Å². The van der Waals surface area contributed by atoms with Crippen molar-refractivity contribution in [2.24, 2.45) is 0 Å². The van der Waals surface area contributed by atoms with E-state index in [9.17, 15) is 14.0 Å². The van der Waals surface area contributed by atoms with Gasteiger partial charge in [0.25, 0.3) is 11.8 Å². The second kappa shape index (κ2) is 8.92. The first-order chi connectivity index (χ1) is 15.0. The summed E-state index contributed by atoms with van der Waals surface area (Å²) in [7, 11) is 0. The summed E-state index contributed by atoms with van der Waals surface area (Å²) in [5.41, 5.74) is 8.61. The minimum Gasteiger partial charge on any atom is -0.481 e. The van der Waals surface area contributed by atoms with Crippen molar-refractivity contribution in [2.45, 2.75) is 19.6 Å². The molecule has 4 rings (SSSR count). The number of hydrogen-bond donors (Lipinski definition) is 2. The summed E-state index contributed by atoms with van der Waals surface area (Å²) in [6, 6.07) is 12.8. The van der Waals surface area contributed by atoms with Crippen LogP contribution in [0.3, 0.4) is 0 Å². The Kier molecular flexibility index (Phi) is 5.89. The number of para-hydroxylation sites is 2. The molecule has 0 aliphatic carbocycles. The van der Waals surface area contributed by atoms with Gasteiger partial charge in [0, 0.05) is 5.38 Å². The summed E-state index contributed by atoms with van der Waals surface area (Å²) in [5, 5.41) is 1.85. The van der Waals surface area contributed by atoms with Crippen LogP contribution in [0.4, 0.5) is 4.39 Å². The number of benzene rings is 2. The molecule has 2 heterocycles. The van der Waals surface area contributed by atoms with E-state index in [-0.39, 0.29) is 6.54 Å². The van der Waals surface area contributed by atoms with Crippen molar-refractivity contribution in [3.8, 4) is 17.3 Å². The van der Waals surface area contributed by atoms with Crippen LogP contribution < -0.4 is 15.6 Å². The predicted molar refractivity (Wildman–Crippen MR) is 114 cm³/mol. The Balaban J connectivity index is 1.41. The maximum atomic E-state index is 13.0. The molecule has 0 aliphatic heterocycles. The quantitative estimate of drug-likeness (QED) is 0.450. The number of carbonyl (C=O) groups excluding carboxylic acids is 2. The van der Waals surface area contributed by atoms with Gasteiger partial charge in [0.15, 0.2) is 11.9 Å². The fourth-order valence-corrected chi connectivity index (χ4v) is 3.47. The van der Waals surface area contributed by atoms with Crippen molar-refractivity contribution in [1.82, 2.24) is 25.4 Å². The van der Waals surface area contributed by atoms with Crippen LogP contribution in [0.2, 0.25) is 0 Å². The van der Waals surface area contributed by atoms with Crippen LogP contribution in [0.5, 0.6) is 5.75 Å². The van der Waals surface area contributed by atoms with Gasteiger partial charge in [-0.2, -0.15) is 0 Å². The number of halogens is 1. The van der Waals surface area contributed by atoms with Gasteiger partial charge in [-0.25, -0.2) is 14.4 Å². The van der Waals surface area contributed by atoms with E-state index in [1.165, 1.54) is 42.5 Å². The Labute approximate surface area is 180 Å². The van der Waals surface area contributed by atoms with Gasteiger partial charge in [-0.05, 0) is 43.3 Å². The normalized spacial score (nSPS) is 11.8. The topological polar surface area (TPSA) is 98.1 Å². The van der Waals surface area contributed by atoms with Crippen LogP contribution >= 0.6 is 11.3 Å². The minimum atomic E-state index is -0.898. The number of rotatable bonds is 6. The molecule has 31 heavy (non-hydrogen) atoms. The molecule has 2 N–H and O–H groups in total.